The molecule has 0 unspecified atom stereocenters. The number of hydrogen-bond donors (Lipinski definition) is 1. The van der Waals surface area contributed by atoms with Gasteiger partial charge in [0.15, 0.2) is 0 Å². The second kappa shape index (κ2) is 4.79. The van der Waals surface area contributed by atoms with Gasteiger partial charge < -0.3 is 10.5 Å². The summed E-state index contributed by atoms with van der Waals surface area (Å²) in [6, 6.07) is 0. The van der Waals surface area contributed by atoms with Crippen LogP contribution in [0.25, 0.3) is 0 Å². The molecule has 1 aliphatic rings. The summed E-state index contributed by atoms with van der Waals surface area (Å²) in [6.07, 6.45) is 0. The van der Waals surface area contributed by atoms with E-state index in [-0.39, 0.29) is 5.54 Å². The smallest absolute Gasteiger partial charge is 0.107 e. The normalized spacial score (nSPS) is 18.9. The predicted octanol–water partition coefficient (Wildman–Crippen LogP) is 1.17. The van der Waals surface area contributed by atoms with Crippen molar-refractivity contribution in [2.24, 2.45) is 5.73 Å². The van der Waals surface area contributed by atoms with Gasteiger partial charge in [-0.05, 0) is 13.8 Å². The van der Waals surface area contributed by atoms with Gasteiger partial charge in [-0.1, -0.05) is 0 Å². The molecule has 0 aromatic carbocycles. The quantitative estimate of drug-likeness (QED) is 0.863. The second-order valence-electron chi connectivity index (χ2n) is 4.74. The Hall–Kier alpha value is -0.490. The topological polar surface area (TPSA) is 51.4 Å². The van der Waals surface area contributed by atoms with Crippen molar-refractivity contribution in [2.75, 3.05) is 26.3 Å². The van der Waals surface area contributed by atoms with Gasteiger partial charge in [0.1, 0.15) is 5.01 Å². The van der Waals surface area contributed by atoms with Crippen LogP contribution in [0, 0.1) is 0 Å². The highest BCUT2D eigenvalue weighted by molar-refractivity contribution is 7.09. The Labute approximate surface area is 100 Å². The molecule has 0 spiro atoms. The van der Waals surface area contributed by atoms with Crippen LogP contribution in [0.15, 0.2) is 5.38 Å². The maximum absolute atomic E-state index is 6.01. The minimum absolute atomic E-state index is 0.334. The number of rotatable bonds is 3. The summed E-state index contributed by atoms with van der Waals surface area (Å²) in [4.78, 5) is 6.96. The average Bonchev–Trinajstić information content (AvgIpc) is 2.67. The first-order valence-corrected chi connectivity index (χ1v) is 6.47. The molecule has 1 aliphatic heterocycles. The van der Waals surface area contributed by atoms with Crippen molar-refractivity contribution in [3.8, 4) is 0 Å². The zero-order valence-electron chi connectivity index (χ0n) is 9.90. The van der Waals surface area contributed by atoms with Crippen LogP contribution in [0.4, 0.5) is 0 Å². The summed E-state index contributed by atoms with van der Waals surface area (Å²) in [6.45, 7) is 8.56. The number of thiazole rings is 1. The molecule has 0 amide bonds. The number of hydrogen-bond acceptors (Lipinski definition) is 5. The molecule has 0 aliphatic carbocycles. The van der Waals surface area contributed by atoms with E-state index < -0.39 is 0 Å². The summed E-state index contributed by atoms with van der Waals surface area (Å²) in [5.41, 5.74) is 6.67. The fraction of sp³-hybridized carbons (Fsp3) is 0.727. The van der Waals surface area contributed by atoms with Crippen LogP contribution in [0.1, 0.15) is 24.5 Å². The zero-order chi connectivity index (χ0) is 11.6. The van der Waals surface area contributed by atoms with Crippen molar-refractivity contribution in [2.45, 2.75) is 25.9 Å². The number of morpholine rings is 1. The first-order chi connectivity index (χ1) is 7.55. The van der Waals surface area contributed by atoms with E-state index in [4.69, 9.17) is 10.5 Å². The Morgan fingerprint density at radius 3 is 2.75 bits per heavy atom. The third-order valence-electron chi connectivity index (χ3n) is 2.67. The molecule has 1 aromatic heterocycles. The highest BCUT2D eigenvalue weighted by Gasteiger charge is 2.19. The van der Waals surface area contributed by atoms with Gasteiger partial charge in [-0.2, -0.15) is 0 Å². The third-order valence-corrected chi connectivity index (χ3v) is 3.51. The Bertz CT molecular complexity index is 339. The molecule has 1 saturated heterocycles. The minimum Gasteiger partial charge on any atom is -0.379 e. The molecule has 0 saturated carbocycles. The average molecular weight is 241 g/mol. The van der Waals surface area contributed by atoms with Gasteiger partial charge in [-0.25, -0.2) is 4.98 Å². The van der Waals surface area contributed by atoms with Crippen molar-refractivity contribution >= 4 is 11.3 Å². The van der Waals surface area contributed by atoms with Crippen LogP contribution >= 0.6 is 11.3 Å². The Morgan fingerprint density at radius 1 is 1.50 bits per heavy atom. The van der Waals surface area contributed by atoms with E-state index in [1.165, 1.54) is 0 Å². The zero-order valence-corrected chi connectivity index (χ0v) is 10.7. The molecule has 1 aromatic rings. The van der Waals surface area contributed by atoms with Gasteiger partial charge in [0, 0.05) is 18.5 Å². The first kappa shape index (κ1) is 12.0. The maximum atomic E-state index is 6.01. The van der Waals surface area contributed by atoms with E-state index in [0.29, 0.717) is 0 Å². The van der Waals surface area contributed by atoms with Crippen molar-refractivity contribution in [3.05, 3.63) is 16.1 Å². The lowest BCUT2D eigenvalue weighted by atomic mass is 10.0. The Kier molecular flexibility index (Phi) is 3.59. The summed E-state index contributed by atoms with van der Waals surface area (Å²) in [5, 5.41) is 3.21. The fourth-order valence-corrected chi connectivity index (χ4v) is 2.64. The van der Waals surface area contributed by atoms with Gasteiger partial charge >= 0.3 is 0 Å². The van der Waals surface area contributed by atoms with Crippen LogP contribution in [0.5, 0.6) is 0 Å². The van der Waals surface area contributed by atoms with Crippen LogP contribution in [0.3, 0.4) is 0 Å². The van der Waals surface area contributed by atoms with E-state index in [2.05, 4.69) is 15.3 Å². The van der Waals surface area contributed by atoms with E-state index in [9.17, 15) is 0 Å². The highest BCUT2D eigenvalue weighted by atomic mass is 32.1. The van der Waals surface area contributed by atoms with Crippen LogP contribution in [-0.2, 0) is 16.8 Å². The number of aromatic nitrogens is 1. The largest absolute Gasteiger partial charge is 0.379 e. The molecule has 5 heteroatoms. The van der Waals surface area contributed by atoms with Crippen molar-refractivity contribution in [3.63, 3.8) is 0 Å². The standard InChI is InChI=1S/C11H19N3OS/c1-11(2,12)9-8-16-10(13-9)7-14-3-5-15-6-4-14/h8H,3-7,12H2,1-2H3. The molecule has 4 nitrogen and oxygen atoms in total. The van der Waals surface area contributed by atoms with Gasteiger partial charge in [0.25, 0.3) is 0 Å². The first-order valence-electron chi connectivity index (χ1n) is 5.59. The molecular formula is C11H19N3OS. The monoisotopic (exact) mass is 241 g/mol. The molecule has 90 valence electrons. The number of nitrogens with zero attached hydrogens (tertiary/aromatic N) is 2. The summed E-state index contributed by atoms with van der Waals surface area (Å²) >= 11 is 1.70. The van der Waals surface area contributed by atoms with Crippen LogP contribution < -0.4 is 5.73 Å². The maximum Gasteiger partial charge on any atom is 0.107 e. The van der Waals surface area contributed by atoms with Gasteiger partial charge in [0.2, 0.25) is 0 Å². The van der Waals surface area contributed by atoms with E-state index in [1.54, 1.807) is 11.3 Å². The molecule has 16 heavy (non-hydrogen) atoms. The van der Waals surface area contributed by atoms with Crippen molar-refractivity contribution in [1.29, 1.82) is 0 Å². The van der Waals surface area contributed by atoms with Gasteiger partial charge in [0.05, 0.1) is 31.0 Å². The molecule has 0 bridgehead atoms. The SMILES string of the molecule is CC(C)(N)c1csc(CN2CCOCC2)n1. The van der Waals surface area contributed by atoms with Crippen LogP contribution in [-0.4, -0.2) is 36.2 Å². The third kappa shape index (κ3) is 3.01. The summed E-state index contributed by atoms with van der Waals surface area (Å²) < 4.78 is 5.32. The molecule has 2 heterocycles. The fourth-order valence-electron chi connectivity index (χ4n) is 1.63. The molecule has 2 N–H and O–H groups in total. The molecule has 0 radical (unpaired) electrons. The summed E-state index contributed by atoms with van der Waals surface area (Å²) in [7, 11) is 0. The molecular weight excluding hydrogens is 222 g/mol. The lowest BCUT2D eigenvalue weighted by Gasteiger charge is -2.25. The Balaban J connectivity index is 1.97. The minimum atomic E-state index is -0.334. The molecule has 2 rings (SSSR count). The van der Waals surface area contributed by atoms with E-state index in [1.807, 2.05) is 13.8 Å². The molecule has 0 atom stereocenters. The van der Waals surface area contributed by atoms with Crippen LogP contribution in [0.2, 0.25) is 0 Å². The number of nitrogens with two attached hydrogens (primary N) is 1. The van der Waals surface area contributed by atoms with Crippen molar-refractivity contribution in [1.82, 2.24) is 9.88 Å². The lowest BCUT2D eigenvalue weighted by Crippen LogP contribution is -2.35. The van der Waals surface area contributed by atoms with E-state index >= 15 is 0 Å². The van der Waals surface area contributed by atoms with Crippen molar-refractivity contribution < 1.29 is 4.74 Å². The lowest BCUT2D eigenvalue weighted by molar-refractivity contribution is 0.0341. The predicted molar refractivity (Wildman–Crippen MR) is 65.4 cm³/mol. The number of ether oxygens (including phenoxy) is 1. The molecule has 1 fully saturated rings. The van der Waals surface area contributed by atoms with Gasteiger partial charge in [-0.15, -0.1) is 11.3 Å². The Morgan fingerprint density at radius 2 is 2.19 bits per heavy atom. The van der Waals surface area contributed by atoms with Gasteiger partial charge in [-0.3, -0.25) is 4.90 Å². The summed E-state index contributed by atoms with van der Waals surface area (Å²) in [5.74, 6) is 0. The van der Waals surface area contributed by atoms with E-state index in [0.717, 1.165) is 43.5 Å². The highest BCUT2D eigenvalue weighted by Crippen LogP contribution is 2.20. The second-order valence-corrected chi connectivity index (χ2v) is 5.68.